The molecule has 3 atom stereocenters. The van der Waals surface area contributed by atoms with Crippen LogP contribution < -0.4 is 0 Å². The van der Waals surface area contributed by atoms with Gasteiger partial charge < -0.3 is 10.2 Å². The average molecular weight is 583 g/mol. The number of carbonyl (C=O) groups excluding carboxylic acids is 1. The van der Waals surface area contributed by atoms with Crippen molar-refractivity contribution in [1.82, 2.24) is 0 Å². The largest absolute Gasteiger partial charge is 0.393 e. The third-order valence-electron chi connectivity index (χ3n) is 8.77. The van der Waals surface area contributed by atoms with E-state index in [0.717, 1.165) is 11.1 Å². The van der Waals surface area contributed by atoms with Crippen LogP contribution >= 0.6 is 0 Å². The molecular formula is C40H54O3. The Kier molecular flexibility index (Phi) is 12.9. The van der Waals surface area contributed by atoms with E-state index in [1.54, 1.807) is 13.0 Å². The first-order valence-electron chi connectivity index (χ1n) is 15.4. The summed E-state index contributed by atoms with van der Waals surface area (Å²) in [5, 5.41) is 21.4. The highest BCUT2D eigenvalue weighted by Gasteiger charge is 2.51. The zero-order valence-electron chi connectivity index (χ0n) is 27.9. The number of carbonyl (C=O) groups is 1. The maximum atomic E-state index is 12.9. The van der Waals surface area contributed by atoms with Gasteiger partial charge in [0.05, 0.1) is 11.7 Å². The molecule has 43 heavy (non-hydrogen) atoms. The molecule has 2 rings (SSSR count). The van der Waals surface area contributed by atoms with Crippen LogP contribution in [0, 0.1) is 16.7 Å². The molecule has 0 aromatic rings. The van der Waals surface area contributed by atoms with Gasteiger partial charge in [-0.3, -0.25) is 4.79 Å². The molecule has 1 saturated carbocycles. The first-order chi connectivity index (χ1) is 20.0. The molecule has 2 aliphatic carbocycles. The standard InChI is InChI=1S/C40H54O3/c1-29(18-13-19-31(3)23-24-36-32(4)22-15-25-38(36,7)8)16-11-12-17-30(2)20-14-21-33(5)37(42)28-40(43)34(6)26-35(41)27-39(40,9)10/h11-25,35-36,41,43H,6,26-28H2,1-5,7-10H3/b12-11+,18-13+,20-14+,24-23+,29-16+,30-17+,31-19+,33-21+/t35-,36+,40+/m1/s1. The lowest BCUT2D eigenvalue weighted by atomic mass is 9.60. The van der Waals surface area contributed by atoms with E-state index in [9.17, 15) is 15.0 Å². The topological polar surface area (TPSA) is 57.5 Å². The predicted octanol–water partition coefficient (Wildman–Crippen LogP) is 9.58. The van der Waals surface area contributed by atoms with E-state index in [-0.39, 0.29) is 17.6 Å². The number of rotatable bonds is 11. The number of hydrogen-bond donors (Lipinski definition) is 2. The molecule has 2 aliphatic rings. The van der Waals surface area contributed by atoms with E-state index >= 15 is 0 Å². The minimum atomic E-state index is -1.32. The van der Waals surface area contributed by atoms with Gasteiger partial charge in [0.25, 0.3) is 0 Å². The van der Waals surface area contributed by atoms with E-state index < -0.39 is 17.1 Å². The third-order valence-corrected chi connectivity index (χ3v) is 8.77. The van der Waals surface area contributed by atoms with E-state index in [1.807, 2.05) is 51.2 Å². The van der Waals surface area contributed by atoms with Gasteiger partial charge in [0, 0.05) is 17.8 Å². The van der Waals surface area contributed by atoms with Crippen molar-refractivity contribution < 1.29 is 15.0 Å². The van der Waals surface area contributed by atoms with Gasteiger partial charge in [0.15, 0.2) is 5.78 Å². The second-order valence-corrected chi connectivity index (χ2v) is 13.6. The van der Waals surface area contributed by atoms with Crippen molar-refractivity contribution in [1.29, 1.82) is 0 Å². The zero-order valence-corrected chi connectivity index (χ0v) is 27.9. The van der Waals surface area contributed by atoms with Crippen molar-refractivity contribution in [3.8, 4) is 0 Å². The van der Waals surface area contributed by atoms with Crippen LogP contribution in [0.25, 0.3) is 0 Å². The molecule has 0 aromatic carbocycles. The number of allylic oxidation sites excluding steroid dienone is 20. The highest BCUT2D eigenvalue weighted by atomic mass is 16.3. The highest BCUT2D eigenvalue weighted by Crippen LogP contribution is 2.48. The van der Waals surface area contributed by atoms with Crippen LogP contribution in [-0.4, -0.2) is 27.7 Å². The van der Waals surface area contributed by atoms with Gasteiger partial charge in [0.1, 0.15) is 0 Å². The fourth-order valence-electron chi connectivity index (χ4n) is 5.76. The number of aliphatic hydroxyl groups excluding tert-OH is 1. The molecule has 3 nitrogen and oxygen atoms in total. The Hall–Kier alpha value is -3.27. The van der Waals surface area contributed by atoms with Crippen LogP contribution in [0.4, 0.5) is 0 Å². The molecule has 0 aromatic heterocycles. The van der Waals surface area contributed by atoms with E-state index in [2.05, 4.69) is 95.9 Å². The van der Waals surface area contributed by atoms with Gasteiger partial charge >= 0.3 is 0 Å². The highest BCUT2D eigenvalue weighted by molar-refractivity contribution is 5.96. The summed E-state index contributed by atoms with van der Waals surface area (Å²) in [5.74, 6) is 0.294. The molecule has 2 N–H and O–H groups in total. The smallest absolute Gasteiger partial charge is 0.161 e. The number of Topliss-reactive ketones (excluding diaryl/α,β-unsaturated/α-hetero) is 1. The molecule has 232 valence electrons. The summed E-state index contributed by atoms with van der Waals surface area (Å²) in [4.78, 5) is 12.9. The summed E-state index contributed by atoms with van der Waals surface area (Å²) in [6, 6.07) is 0. The summed E-state index contributed by atoms with van der Waals surface area (Å²) >= 11 is 0. The Morgan fingerprint density at radius 2 is 1.44 bits per heavy atom. The number of aliphatic hydroxyl groups is 2. The van der Waals surface area contributed by atoms with Crippen molar-refractivity contribution in [3.05, 3.63) is 131 Å². The Balaban J connectivity index is 1.91. The predicted molar refractivity (Wildman–Crippen MR) is 184 cm³/mol. The van der Waals surface area contributed by atoms with Crippen LogP contribution in [0.2, 0.25) is 0 Å². The summed E-state index contributed by atoms with van der Waals surface area (Å²) < 4.78 is 0. The molecule has 3 heteroatoms. The lowest BCUT2D eigenvalue weighted by Crippen LogP contribution is -2.53. The normalized spacial score (nSPS) is 27.2. The Bertz CT molecular complexity index is 1340. The Morgan fingerprint density at radius 3 is 2.00 bits per heavy atom. The molecule has 0 bridgehead atoms. The first kappa shape index (κ1) is 35.9. The fraction of sp³-hybridized carbons (Fsp3) is 0.425. The number of hydrogen-bond acceptors (Lipinski definition) is 3. The fourth-order valence-corrected chi connectivity index (χ4v) is 5.76. The molecule has 0 amide bonds. The SMILES string of the molecule is C=C1C[C@@H](O)CC(C)(C)[C@]1(O)CC(=O)/C(C)=C/C=C/C(C)=C/C=C/C=C(C)/C=C/C=C(C)/C=C/[C@H]1C(C)=CC=CC1(C)C. The summed E-state index contributed by atoms with van der Waals surface area (Å²) in [7, 11) is 0. The Morgan fingerprint density at radius 1 is 0.907 bits per heavy atom. The molecule has 0 saturated heterocycles. The molecule has 0 spiro atoms. The molecular weight excluding hydrogens is 528 g/mol. The average Bonchev–Trinajstić information content (AvgIpc) is 2.89. The lowest BCUT2D eigenvalue weighted by Gasteiger charge is -2.49. The van der Waals surface area contributed by atoms with Gasteiger partial charge in [0.2, 0.25) is 0 Å². The van der Waals surface area contributed by atoms with Crippen LogP contribution in [0.15, 0.2) is 131 Å². The zero-order chi connectivity index (χ0) is 32.4. The Labute approximate surface area is 261 Å². The van der Waals surface area contributed by atoms with E-state index in [0.29, 0.717) is 29.9 Å². The second kappa shape index (κ2) is 15.5. The minimum absolute atomic E-state index is 0.0284. The maximum Gasteiger partial charge on any atom is 0.161 e. The molecule has 0 aliphatic heterocycles. The van der Waals surface area contributed by atoms with Crippen LogP contribution in [0.3, 0.4) is 0 Å². The van der Waals surface area contributed by atoms with Gasteiger partial charge in [-0.1, -0.05) is 148 Å². The van der Waals surface area contributed by atoms with Crippen molar-refractivity contribution in [2.45, 2.75) is 93.3 Å². The van der Waals surface area contributed by atoms with Crippen LogP contribution in [-0.2, 0) is 4.79 Å². The van der Waals surface area contributed by atoms with E-state index in [4.69, 9.17) is 0 Å². The molecule has 1 fully saturated rings. The van der Waals surface area contributed by atoms with Gasteiger partial charge in [-0.15, -0.1) is 0 Å². The quantitative estimate of drug-likeness (QED) is 0.145. The van der Waals surface area contributed by atoms with E-state index in [1.165, 1.54) is 11.1 Å². The first-order valence-corrected chi connectivity index (χ1v) is 15.4. The van der Waals surface area contributed by atoms with Gasteiger partial charge in [-0.25, -0.2) is 0 Å². The lowest BCUT2D eigenvalue weighted by molar-refractivity contribution is -0.130. The second-order valence-electron chi connectivity index (χ2n) is 13.6. The van der Waals surface area contributed by atoms with Crippen molar-refractivity contribution in [3.63, 3.8) is 0 Å². The van der Waals surface area contributed by atoms with Gasteiger partial charge in [-0.2, -0.15) is 0 Å². The molecule has 0 unspecified atom stereocenters. The van der Waals surface area contributed by atoms with Crippen molar-refractivity contribution in [2.24, 2.45) is 16.7 Å². The third kappa shape index (κ3) is 10.4. The van der Waals surface area contributed by atoms with Crippen molar-refractivity contribution in [2.75, 3.05) is 0 Å². The summed E-state index contributed by atoms with van der Waals surface area (Å²) in [6.45, 7) is 22.5. The van der Waals surface area contributed by atoms with Crippen LogP contribution in [0.1, 0.15) is 81.6 Å². The minimum Gasteiger partial charge on any atom is -0.393 e. The number of ketones is 1. The van der Waals surface area contributed by atoms with Crippen LogP contribution in [0.5, 0.6) is 0 Å². The van der Waals surface area contributed by atoms with Crippen molar-refractivity contribution >= 4 is 5.78 Å². The monoisotopic (exact) mass is 582 g/mol. The maximum absolute atomic E-state index is 12.9. The van der Waals surface area contributed by atoms with Gasteiger partial charge in [-0.05, 0) is 64.0 Å². The summed E-state index contributed by atoms with van der Waals surface area (Å²) in [5.41, 5.74) is 4.10. The summed E-state index contributed by atoms with van der Waals surface area (Å²) in [6.07, 6.45) is 31.4. The molecule has 0 radical (unpaired) electrons. The molecule has 0 heterocycles.